The quantitative estimate of drug-likeness (QED) is 0.754. The van der Waals surface area contributed by atoms with Crippen molar-refractivity contribution in [2.24, 2.45) is 0 Å². The van der Waals surface area contributed by atoms with Crippen LogP contribution in [0.1, 0.15) is 42.2 Å². The molecule has 0 saturated heterocycles. The molecule has 0 radical (unpaired) electrons. The average molecular weight is 251 g/mol. The van der Waals surface area contributed by atoms with Crippen molar-refractivity contribution in [2.45, 2.75) is 31.0 Å². The maximum atomic E-state index is 10.8. The fourth-order valence-corrected chi connectivity index (χ4v) is 3.96. The predicted molar refractivity (Wildman–Crippen MR) is 74.8 cm³/mol. The summed E-state index contributed by atoms with van der Waals surface area (Å²) >= 11 is 0. The minimum Gasteiger partial charge on any atom is -0.386 e. The van der Waals surface area contributed by atoms with Crippen LogP contribution in [0.15, 0.2) is 48.5 Å². The molecular weight excluding hydrogens is 234 g/mol. The van der Waals surface area contributed by atoms with Crippen LogP contribution in [0, 0.1) is 0 Å². The highest BCUT2D eigenvalue weighted by molar-refractivity contribution is 5.57. The molecule has 1 unspecified atom stereocenters. The van der Waals surface area contributed by atoms with Crippen LogP contribution in [0.5, 0.6) is 0 Å². The molecule has 2 aliphatic heterocycles. The Labute approximate surface area is 113 Å². The third kappa shape index (κ3) is 1.14. The maximum absolute atomic E-state index is 10.8. The second kappa shape index (κ2) is 3.27. The van der Waals surface area contributed by atoms with Gasteiger partial charge in [0, 0.05) is 0 Å². The Morgan fingerprint density at radius 1 is 0.895 bits per heavy atom. The molecule has 2 bridgehead atoms. The van der Waals surface area contributed by atoms with Crippen LogP contribution >= 0.6 is 0 Å². The summed E-state index contributed by atoms with van der Waals surface area (Å²) in [5.41, 5.74) is 4.11. The van der Waals surface area contributed by atoms with Gasteiger partial charge >= 0.3 is 0 Å². The summed E-state index contributed by atoms with van der Waals surface area (Å²) in [6, 6.07) is 16.6. The molecule has 0 amide bonds. The summed E-state index contributed by atoms with van der Waals surface area (Å²) in [6.45, 7) is 4.31. The van der Waals surface area contributed by atoms with E-state index < -0.39 is 11.6 Å². The minimum atomic E-state index is -0.513. The maximum Gasteiger partial charge on any atom is 0.101 e. The van der Waals surface area contributed by atoms with Crippen LogP contribution in [0.25, 0.3) is 0 Å². The zero-order valence-corrected chi connectivity index (χ0v) is 11.1. The minimum absolute atomic E-state index is 0.207. The molecular formula is C17H17NO. The first kappa shape index (κ1) is 11.2. The summed E-state index contributed by atoms with van der Waals surface area (Å²) in [6.07, 6.45) is -0.513. The van der Waals surface area contributed by atoms with Gasteiger partial charge in [-0.25, -0.2) is 0 Å². The van der Waals surface area contributed by atoms with Gasteiger partial charge < -0.3 is 5.11 Å². The Hall–Kier alpha value is -1.64. The number of benzene rings is 2. The van der Waals surface area contributed by atoms with Crippen LogP contribution in [0.3, 0.4) is 0 Å². The Morgan fingerprint density at radius 2 is 1.47 bits per heavy atom. The highest BCUT2D eigenvalue weighted by atomic mass is 16.3. The van der Waals surface area contributed by atoms with E-state index in [-0.39, 0.29) is 5.54 Å². The predicted octanol–water partition coefficient (Wildman–Crippen LogP) is 2.82. The van der Waals surface area contributed by atoms with Crippen molar-refractivity contribution in [1.82, 2.24) is 5.32 Å². The fraction of sp³-hybridized carbons (Fsp3) is 0.294. The van der Waals surface area contributed by atoms with E-state index in [1.807, 2.05) is 24.3 Å². The summed E-state index contributed by atoms with van der Waals surface area (Å²) in [4.78, 5) is 0. The highest BCUT2D eigenvalue weighted by Crippen LogP contribution is 2.55. The molecule has 0 saturated carbocycles. The second-order valence-corrected chi connectivity index (χ2v) is 5.99. The summed E-state index contributed by atoms with van der Waals surface area (Å²) in [7, 11) is 0. The van der Waals surface area contributed by atoms with E-state index in [1.54, 1.807) is 0 Å². The lowest BCUT2D eigenvalue weighted by molar-refractivity contribution is 0.0483. The lowest BCUT2D eigenvalue weighted by Crippen LogP contribution is -2.52. The lowest BCUT2D eigenvalue weighted by atomic mass is 9.78. The summed E-state index contributed by atoms with van der Waals surface area (Å²) in [5.74, 6) is 0. The first-order chi connectivity index (χ1) is 9.07. The molecule has 96 valence electrons. The van der Waals surface area contributed by atoms with Gasteiger partial charge in [-0.05, 0) is 36.1 Å². The SMILES string of the molecule is C[C@@]12N[C@@](C)(c3ccccc31)C(O)c1ccccc12. The van der Waals surface area contributed by atoms with Crippen LogP contribution < -0.4 is 5.32 Å². The van der Waals surface area contributed by atoms with Crippen molar-refractivity contribution in [1.29, 1.82) is 0 Å². The van der Waals surface area contributed by atoms with Crippen molar-refractivity contribution in [3.05, 3.63) is 70.8 Å². The number of nitrogens with one attached hydrogen (secondary N) is 1. The summed E-state index contributed by atoms with van der Waals surface area (Å²) in [5, 5.41) is 14.5. The van der Waals surface area contributed by atoms with Crippen LogP contribution in [-0.2, 0) is 11.1 Å². The smallest absolute Gasteiger partial charge is 0.101 e. The molecule has 0 spiro atoms. The average Bonchev–Trinajstić information content (AvgIpc) is 2.66. The molecule has 0 aromatic heterocycles. The van der Waals surface area contributed by atoms with Gasteiger partial charge in [-0.1, -0.05) is 48.5 Å². The van der Waals surface area contributed by atoms with Gasteiger partial charge in [-0.15, -0.1) is 0 Å². The van der Waals surface area contributed by atoms with Crippen molar-refractivity contribution in [3.63, 3.8) is 0 Å². The first-order valence-corrected chi connectivity index (χ1v) is 6.74. The summed E-state index contributed by atoms with van der Waals surface area (Å²) < 4.78 is 0. The zero-order valence-electron chi connectivity index (χ0n) is 11.1. The molecule has 2 aromatic rings. The second-order valence-electron chi connectivity index (χ2n) is 5.99. The molecule has 4 rings (SSSR count). The molecule has 3 atom stereocenters. The molecule has 2 aromatic carbocycles. The Bertz CT molecular complexity index is 667. The van der Waals surface area contributed by atoms with Gasteiger partial charge in [0.2, 0.25) is 0 Å². The number of rotatable bonds is 0. The van der Waals surface area contributed by atoms with Crippen LogP contribution in [0.4, 0.5) is 0 Å². The van der Waals surface area contributed by atoms with Crippen LogP contribution in [-0.4, -0.2) is 5.11 Å². The fourth-order valence-electron chi connectivity index (χ4n) is 3.96. The normalized spacial score (nSPS) is 34.8. The van der Waals surface area contributed by atoms with Gasteiger partial charge in [0.1, 0.15) is 6.10 Å². The van der Waals surface area contributed by atoms with E-state index in [0.717, 1.165) is 5.56 Å². The van der Waals surface area contributed by atoms with E-state index in [0.29, 0.717) is 0 Å². The van der Waals surface area contributed by atoms with E-state index in [1.165, 1.54) is 16.7 Å². The zero-order chi connectivity index (χ0) is 13.3. The van der Waals surface area contributed by atoms with E-state index in [2.05, 4.69) is 43.4 Å². The lowest BCUT2D eigenvalue weighted by Gasteiger charge is -2.43. The Morgan fingerprint density at radius 3 is 2.21 bits per heavy atom. The topological polar surface area (TPSA) is 32.3 Å². The highest BCUT2D eigenvalue weighted by Gasteiger charge is 2.56. The molecule has 0 aliphatic carbocycles. The van der Waals surface area contributed by atoms with Crippen molar-refractivity contribution in [3.8, 4) is 0 Å². The largest absolute Gasteiger partial charge is 0.386 e. The number of hydrogen-bond acceptors (Lipinski definition) is 2. The molecule has 2 nitrogen and oxygen atoms in total. The standard InChI is InChI=1S/C17H17NO/c1-16-12-8-4-3-7-11(12)15(19)17(2,18-16)14-10-6-5-9-13(14)16/h3-10,15,18-19H,1-2H3/t15?,16-,17-/m0/s1. The van der Waals surface area contributed by atoms with Crippen molar-refractivity contribution in [2.75, 3.05) is 0 Å². The molecule has 2 heterocycles. The monoisotopic (exact) mass is 251 g/mol. The van der Waals surface area contributed by atoms with Gasteiger partial charge in [0.15, 0.2) is 0 Å². The van der Waals surface area contributed by atoms with Gasteiger partial charge in [-0.3, -0.25) is 5.32 Å². The Balaban J connectivity index is 2.13. The number of aliphatic hydroxyl groups excluding tert-OH is 1. The molecule has 19 heavy (non-hydrogen) atoms. The van der Waals surface area contributed by atoms with Gasteiger partial charge in [0.25, 0.3) is 0 Å². The Kier molecular flexibility index (Phi) is 1.93. The third-order valence-electron chi connectivity index (χ3n) is 4.88. The van der Waals surface area contributed by atoms with E-state index in [9.17, 15) is 5.11 Å². The van der Waals surface area contributed by atoms with Crippen molar-refractivity contribution >= 4 is 0 Å². The van der Waals surface area contributed by atoms with Gasteiger partial charge in [-0.2, -0.15) is 0 Å². The number of fused-ring (bicyclic) bond motifs is 7. The molecule has 2 aliphatic rings. The van der Waals surface area contributed by atoms with E-state index >= 15 is 0 Å². The molecule has 2 N–H and O–H groups in total. The molecule has 0 fully saturated rings. The third-order valence-corrected chi connectivity index (χ3v) is 4.88. The van der Waals surface area contributed by atoms with E-state index in [4.69, 9.17) is 0 Å². The van der Waals surface area contributed by atoms with Gasteiger partial charge in [0.05, 0.1) is 11.1 Å². The van der Waals surface area contributed by atoms with Crippen LogP contribution in [0.2, 0.25) is 0 Å². The van der Waals surface area contributed by atoms with Crippen molar-refractivity contribution < 1.29 is 5.11 Å². The first-order valence-electron chi connectivity index (χ1n) is 6.74. The number of hydrogen-bond donors (Lipinski definition) is 2. The molecule has 2 heteroatoms. The number of aliphatic hydroxyl groups is 1.